The van der Waals surface area contributed by atoms with Crippen LogP contribution >= 0.6 is 23.2 Å². The minimum Gasteiger partial charge on any atom is -0.385 e. The maximum atomic E-state index is 10.9. The number of quaternary nitrogens is 1. The van der Waals surface area contributed by atoms with E-state index in [1.807, 2.05) is 36.4 Å². The van der Waals surface area contributed by atoms with Gasteiger partial charge in [0.1, 0.15) is 12.6 Å². The Morgan fingerprint density at radius 1 is 1.00 bits per heavy atom. The molecule has 0 aliphatic carbocycles. The Kier molecular flexibility index (Phi) is 5.39. The SMILES string of the molecule is C[C@@H]1CCC[C@H](C)[NH+]1C[C@H](O)Cn1c2ccc(Cl)cc2c2cc(Cl)ccc21. The summed E-state index contributed by atoms with van der Waals surface area (Å²) < 4.78 is 2.21. The van der Waals surface area contributed by atoms with Crippen molar-refractivity contribution in [3.05, 3.63) is 46.4 Å². The van der Waals surface area contributed by atoms with Crippen molar-refractivity contribution < 1.29 is 10.0 Å². The number of likely N-dealkylation sites (tertiary alicyclic amines) is 1. The van der Waals surface area contributed by atoms with Crippen LogP contribution in [0.4, 0.5) is 0 Å². The second kappa shape index (κ2) is 7.63. The van der Waals surface area contributed by atoms with E-state index < -0.39 is 6.10 Å². The zero-order chi connectivity index (χ0) is 19.1. The van der Waals surface area contributed by atoms with Crippen LogP contribution in [0.3, 0.4) is 0 Å². The van der Waals surface area contributed by atoms with E-state index in [1.54, 1.807) is 0 Å². The zero-order valence-corrected chi connectivity index (χ0v) is 17.4. The molecule has 3 nitrogen and oxygen atoms in total. The lowest BCUT2D eigenvalue weighted by Gasteiger charge is -2.37. The van der Waals surface area contributed by atoms with E-state index >= 15 is 0 Å². The first-order valence-corrected chi connectivity index (χ1v) is 10.6. The summed E-state index contributed by atoms with van der Waals surface area (Å²) in [6, 6.07) is 13.1. The highest BCUT2D eigenvalue weighted by Gasteiger charge is 2.30. The topological polar surface area (TPSA) is 29.6 Å². The molecule has 5 heteroatoms. The van der Waals surface area contributed by atoms with Gasteiger partial charge in [0.25, 0.3) is 0 Å². The predicted octanol–water partition coefficient (Wildman–Crippen LogP) is 4.31. The van der Waals surface area contributed by atoms with Crippen LogP contribution in [0.5, 0.6) is 0 Å². The maximum Gasteiger partial charge on any atom is 0.121 e. The van der Waals surface area contributed by atoms with E-state index in [2.05, 4.69) is 18.4 Å². The Morgan fingerprint density at radius 2 is 1.52 bits per heavy atom. The number of hydrogen-bond donors (Lipinski definition) is 2. The average molecular weight is 406 g/mol. The van der Waals surface area contributed by atoms with Crippen LogP contribution in [0.25, 0.3) is 21.8 Å². The fourth-order valence-electron chi connectivity index (χ4n) is 4.78. The number of aliphatic hydroxyl groups excluding tert-OH is 1. The molecule has 1 fully saturated rings. The van der Waals surface area contributed by atoms with Gasteiger partial charge in [-0.3, -0.25) is 0 Å². The molecule has 4 rings (SSSR count). The number of hydrogen-bond acceptors (Lipinski definition) is 1. The number of nitrogens with zero attached hydrogens (tertiary/aromatic N) is 1. The van der Waals surface area contributed by atoms with E-state index in [1.165, 1.54) is 24.2 Å². The Labute approximate surface area is 170 Å². The Morgan fingerprint density at radius 3 is 2.04 bits per heavy atom. The largest absolute Gasteiger partial charge is 0.385 e. The van der Waals surface area contributed by atoms with E-state index in [0.717, 1.165) is 28.4 Å². The van der Waals surface area contributed by atoms with Gasteiger partial charge >= 0.3 is 0 Å². The first kappa shape index (κ1) is 19.1. The highest BCUT2D eigenvalue weighted by molar-refractivity contribution is 6.33. The zero-order valence-electron chi connectivity index (χ0n) is 15.9. The number of piperidine rings is 1. The third-order valence-electron chi connectivity index (χ3n) is 6.19. The lowest BCUT2D eigenvalue weighted by Crippen LogP contribution is -3.20. The maximum absolute atomic E-state index is 10.9. The van der Waals surface area contributed by atoms with Crippen molar-refractivity contribution in [2.24, 2.45) is 0 Å². The van der Waals surface area contributed by atoms with Crippen LogP contribution in [-0.2, 0) is 6.54 Å². The van der Waals surface area contributed by atoms with Crippen molar-refractivity contribution >= 4 is 45.0 Å². The van der Waals surface area contributed by atoms with E-state index in [9.17, 15) is 5.11 Å². The molecule has 0 saturated carbocycles. The molecule has 4 atom stereocenters. The van der Waals surface area contributed by atoms with Gasteiger partial charge < -0.3 is 14.6 Å². The summed E-state index contributed by atoms with van der Waals surface area (Å²) in [6.07, 6.45) is 3.40. The summed E-state index contributed by atoms with van der Waals surface area (Å²) in [5.74, 6) is 0. The van der Waals surface area contributed by atoms with Gasteiger partial charge in [-0.25, -0.2) is 0 Å². The fourth-order valence-corrected chi connectivity index (χ4v) is 5.13. The number of aliphatic hydroxyl groups is 1. The minimum absolute atomic E-state index is 0.395. The summed E-state index contributed by atoms with van der Waals surface area (Å²) in [4.78, 5) is 1.53. The van der Waals surface area contributed by atoms with Gasteiger partial charge in [0.2, 0.25) is 0 Å². The highest BCUT2D eigenvalue weighted by Crippen LogP contribution is 2.33. The molecule has 3 aromatic rings. The van der Waals surface area contributed by atoms with E-state index in [4.69, 9.17) is 23.2 Å². The predicted molar refractivity (Wildman–Crippen MR) is 114 cm³/mol. The highest BCUT2D eigenvalue weighted by atomic mass is 35.5. The van der Waals surface area contributed by atoms with Gasteiger partial charge in [0.05, 0.1) is 18.6 Å². The van der Waals surface area contributed by atoms with Gasteiger partial charge in [-0.1, -0.05) is 23.2 Å². The monoisotopic (exact) mass is 405 g/mol. The van der Waals surface area contributed by atoms with Crippen molar-refractivity contribution in [1.29, 1.82) is 0 Å². The summed E-state index contributed by atoms with van der Waals surface area (Å²) in [6.45, 7) is 5.97. The number of benzene rings is 2. The minimum atomic E-state index is -0.395. The van der Waals surface area contributed by atoms with Gasteiger partial charge in [0.15, 0.2) is 0 Å². The molecule has 0 radical (unpaired) electrons. The second-order valence-electron chi connectivity index (χ2n) is 8.10. The number of fused-ring (bicyclic) bond motifs is 3. The molecule has 144 valence electrons. The van der Waals surface area contributed by atoms with Crippen LogP contribution in [0.15, 0.2) is 36.4 Å². The molecule has 1 aromatic heterocycles. The quantitative estimate of drug-likeness (QED) is 0.665. The normalized spacial score (nSPS) is 24.6. The standard InChI is InChI=1S/C22H26Cl2N2O/c1-14-4-3-5-15(2)25(14)12-18(27)13-26-21-8-6-16(23)10-19(21)20-11-17(24)7-9-22(20)26/h6-11,14-15,18,27H,3-5,12-13H2,1-2H3/p+1/t14-,15+,18-/m0/s1. The Bertz CT molecular complexity index is 899. The molecule has 1 saturated heterocycles. The number of nitrogens with one attached hydrogen (secondary N) is 1. The molecule has 2 aromatic carbocycles. The third kappa shape index (κ3) is 3.71. The van der Waals surface area contributed by atoms with Crippen molar-refractivity contribution in [1.82, 2.24) is 4.57 Å². The summed E-state index contributed by atoms with van der Waals surface area (Å²) >= 11 is 12.5. The van der Waals surface area contributed by atoms with Gasteiger partial charge in [0, 0.05) is 31.9 Å². The molecule has 2 N–H and O–H groups in total. The molecule has 2 heterocycles. The van der Waals surface area contributed by atoms with Crippen LogP contribution in [0.2, 0.25) is 10.0 Å². The van der Waals surface area contributed by atoms with Crippen molar-refractivity contribution in [3.63, 3.8) is 0 Å². The first-order valence-electron chi connectivity index (χ1n) is 9.84. The third-order valence-corrected chi connectivity index (χ3v) is 6.66. The van der Waals surface area contributed by atoms with Crippen molar-refractivity contribution in [3.8, 4) is 0 Å². The van der Waals surface area contributed by atoms with Crippen LogP contribution in [-0.4, -0.2) is 34.4 Å². The summed E-state index contributed by atoms with van der Waals surface area (Å²) in [5, 5.41) is 14.5. The molecule has 0 spiro atoms. The Balaban J connectivity index is 1.68. The van der Waals surface area contributed by atoms with Gasteiger partial charge in [-0.05, 0) is 69.5 Å². The first-order chi connectivity index (χ1) is 12.9. The van der Waals surface area contributed by atoms with Gasteiger partial charge in [-0.2, -0.15) is 0 Å². The molecule has 0 bridgehead atoms. The fraction of sp³-hybridized carbons (Fsp3) is 0.455. The molecule has 1 unspecified atom stereocenters. The second-order valence-corrected chi connectivity index (χ2v) is 8.97. The van der Waals surface area contributed by atoms with Crippen LogP contribution in [0.1, 0.15) is 33.1 Å². The molecular formula is C22H27Cl2N2O+. The summed E-state index contributed by atoms with van der Waals surface area (Å²) in [5.41, 5.74) is 2.18. The van der Waals surface area contributed by atoms with E-state index in [-0.39, 0.29) is 0 Å². The lowest BCUT2D eigenvalue weighted by atomic mass is 9.97. The lowest BCUT2D eigenvalue weighted by molar-refractivity contribution is -0.954. The number of rotatable bonds is 4. The molecule has 1 aliphatic heterocycles. The molecule has 0 amide bonds. The van der Waals surface area contributed by atoms with E-state index in [0.29, 0.717) is 28.7 Å². The Hall–Kier alpha value is -1.26. The molecule has 27 heavy (non-hydrogen) atoms. The number of aromatic nitrogens is 1. The summed E-state index contributed by atoms with van der Waals surface area (Å²) in [7, 11) is 0. The smallest absolute Gasteiger partial charge is 0.121 e. The average Bonchev–Trinajstić information content (AvgIpc) is 2.91. The number of halogens is 2. The van der Waals surface area contributed by atoms with Crippen LogP contribution in [0, 0.1) is 0 Å². The van der Waals surface area contributed by atoms with Crippen molar-refractivity contribution in [2.75, 3.05) is 6.54 Å². The van der Waals surface area contributed by atoms with Crippen molar-refractivity contribution in [2.45, 2.75) is 57.8 Å². The van der Waals surface area contributed by atoms with Gasteiger partial charge in [-0.15, -0.1) is 0 Å². The molecule has 1 aliphatic rings. The van der Waals surface area contributed by atoms with Crippen LogP contribution < -0.4 is 4.90 Å². The molecular weight excluding hydrogens is 379 g/mol.